The number of hydrogen-bond donors (Lipinski definition) is 1. The van der Waals surface area contributed by atoms with E-state index in [9.17, 15) is 0 Å². The summed E-state index contributed by atoms with van der Waals surface area (Å²) in [6.07, 6.45) is 5.76. The predicted octanol–water partition coefficient (Wildman–Crippen LogP) is 5.37. The number of aryl methyl sites for hydroxylation is 2. The number of nitrogen functional groups attached to an aromatic ring is 1. The normalized spacial score (nSPS) is 20.8. The number of hydrogen-bond acceptors (Lipinski definition) is 8. The van der Waals surface area contributed by atoms with Gasteiger partial charge in [-0.1, -0.05) is 12.1 Å². The van der Waals surface area contributed by atoms with Gasteiger partial charge in [-0.3, -0.25) is 4.90 Å². The molecule has 212 valence electrons. The van der Waals surface area contributed by atoms with Crippen molar-refractivity contribution in [1.29, 1.82) is 0 Å². The van der Waals surface area contributed by atoms with Crippen molar-refractivity contribution in [3.8, 4) is 22.7 Å². The van der Waals surface area contributed by atoms with Crippen LogP contribution in [0.1, 0.15) is 42.9 Å². The minimum absolute atomic E-state index is 0.208. The molecular formula is C31H35FN8O. The molecule has 2 aliphatic rings. The number of likely N-dealkylation sites (N-methyl/N-ethyl adjacent to an activating group) is 1. The van der Waals surface area contributed by atoms with Gasteiger partial charge in [0.15, 0.2) is 11.2 Å². The van der Waals surface area contributed by atoms with E-state index < -0.39 is 5.82 Å². The second-order valence-corrected chi connectivity index (χ2v) is 11.7. The fourth-order valence-electron chi connectivity index (χ4n) is 6.63. The molecule has 0 spiro atoms. The SMILES string of the molecule is Cc1cc(C)c2oc(-c3ccc(-c4nn(C5CCC(N6CCN(C)CC6)CC5)c5ncnc(N)c45)cc3F)nc2c1. The third kappa shape index (κ3) is 4.64. The summed E-state index contributed by atoms with van der Waals surface area (Å²) in [5, 5.41) is 5.66. The fraction of sp³-hybridized carbons (Fsp3) is 0.419. The molecule has 2 aromatic carbocycles. The Balaban J connectivity index is 1.20. The molecule has 0 amide bonds. The zero-order valence-corrected chi connectivity index (χ0v) is 23.8. The lowest BCUT2D eigenvalue weighted by molar-refractivity contribution is 0.0815. The zero-order chi connectivity index (χ0) is 28.2. The molecule has 3 aromatic heterocycles. The van der Waals surface area contributed by atoms with Gasteiger partial charge in [-0.15, -0.1) is 0 Å². The number of fused-ring (bicyclic) bond motifs is 2. The van der Waals surface area contributed by atoms with Crippen LogP contribution in [0.25, 0.3) is 44.8 Å². The summed E-state index contributed by atoms with van der Waals surface area (Å²) in [5.41, 5.74) is 12.0. The summed E-state index contributed by atoms with van der Waals surface area (Å²) in [6, 6.07) is 9.82. The van der Waals surface area contributed by atoms with E-state index in [4.69, 9.17) is 15.2 Å². The Morgan fingerprint density at radius 1 is 0.951 bits per heavy atom. The first-order chi connectivity index (χ1) is 19.9. The number of piperazine rings is 1. The predicted molar refractivity (Wildman–Crippen MR) is 158 cm³/mol. The molecule has 2 N–H and O–H groups in total. The maximum atomic E-state index is 15.6. The van der Waals surface area contributed by atoms with E-state index in [1.807, 2.05) is 36.7 Å². The molecule has 0 atom stereocenters. The van der Waals surface area contributed by atoms with Crippen LogP contribution >= 0.6 is 0 Å². The summed E-state index contributed by atoms with van der Waals surface area (Å²) < 4.78 is 23.6. The first kappa shape index (κ1) is 26.0. The fourth-order valence-corrected chi connectivity index (χ4v) is 6.63. The highest BCUT2D eigenvalue weighted by atomic mass is 19.1. The van der Waals surface area contributed by atoms with E-state index in [2.05, 4.69) is 31.8 Å². The van der Waals surface area contributed by atoms with E-state index >= 15 is 4.39 Å². The third-order valence-electron chi connectivity index (χ3n) is 8.88. The quantitative estimate of drug-likeness (QED) is 0.316. The molecule has 5 aromatic rings. The summed E-state index contributed by atoms with van der Waals surface area (Å²) in [4.78, 5) is 18.4. The number of nitrogens with two attached hydrogens (primary N) is 1. The Morgan fingerprint density at radius 3 is 2.46 bits per heavy atom. The number of anilines is 1. The highest BCUT2D eigenvalue weighted by molar-refractivity contribution is 5.98. The van der Waals surface area contributed by atoms with Gasteiger partial charge in [0, 0.05) is 37.8 Å². The van der Waals surface area contributed by atoms with Gasteiger partial charge in [-0.25, -0.2) is 24.0 Å². The van der Waals surface area contributed by atoms with E-state index in [1.165, 1.54) is 12.4 Å². The number of halogens is 1. The second kappa shape index (κ2) is 10.2. The summed E-state index contributed by atoms with van der Waals surface area (Å²) >= 11 is 0. The van der Waals surface area contributed by atoms with Gasteiger partial charge in [-0.2, -0.15) is 5.10 Å². The molecule has 9 nitrogen and oxygen atoms in total. The number of oxazole rings is 1. The Kier molecular flexibility index (Phi) is 6.47. The van der Waals surface area contributed by atoms with Gasteiger partial charge >= 0.3 is 0 Å². The van der Waals surface area contributed by atoms with Gasteiger partial charge in [0.1, 0.15) is 29.2 Å². The van der Waals surface area contributed by atoms with Crippen LogP contribution in [-0.2, 0) is 0 Å². The van der Waals surface area contributed by atoms with Crippen LogP contribution in [0.15, 0.2) is 41.1 Å². The molecular weight excluding hydrogens is 519 g/mol. The van der Waals surface area contributed by atoms with Crippen molar-refractivity contribution in [2.24, 2.45) is 0 Å². The van der Waals surface area contributed by atoms with Crippen molar-refractivity contribution in [1.82, 2.24) is 34.5 Å². The highest BCUT2D eigenvalue weighted by Gasteiger charge is 2.31. The smallest absolute Gasteiger partial charge is 0.230 e. The van der Waals surface area contributed by atoms with Crippen molar-refractivity contribution in [2.75, 3.05) is 39.0 Å². The molecule has 10 heteroatoms. The van der Waals surface area contributed by atoms with Crippen LogP contribution in [0.4, 0.5) is 10.2 Å². The van der Waals surface area contributed by atoms with Crippen LogP contribution in [0, 0.1) is 19.7 Å². The van der Waals surface area contributed by atoms with Crippen molar-refractivity contribution in [3.63, 3.8) is 0 Å². The van der Waals surface area contributed by atoms with Gasteiger partial charge < -0.3 is 15.1 Å². The number of nitrogens with zero attached hydrogens (tertiary/aromatic N) is 7. The summed E-state index contributed by atoms with van der Waals surface area (Å²) in [6.45, 7) is 8.50. The van der Waals surface area contributed by atoms with Crippen molar-refractivity contribution in [3.05, 3.63) is 53.6 Å². The standard InChI is InChI=1S/C31H35FN8O/c1-18-14-19(2)28-25(15-18)36-31(41-28)23-9-4-20(16-24(23)32)27-26-29(33)34-17-35-30(26)40(37-27)22-7-5-21(6-8-22)39-12-10-38(3)11-13-39/h4,9,14-17,21-22H,5-8,10-13H2,1-3H3,(H2,33,34,35). The molecule has 4 heterocycles. The minimum Gasteiger partial charge on any atom is -0.436 e. The van der Waals surface area contributed by atoms with E-state index in [0.717, 1.165) is 68.5 Å². The second-order valence-electron chi connectivity index (χ2n) is 11.7. The van der Waals surface area contributed by atoms with Crippen molar-refractivity contribution in [2.45, 2.75) is 51.6 Å². The van der Waals surface area contributed by atoms with Gasteiger partial charge in [-0.05, 0) is 75.9 Å². The monoisotopic (exact) mass is 554 g/mol. The van der Waals surface area contributed by atoms with E-state index in [0.29, 0.717) is 45.3 Å². The number of benzene rings is 2. The maximum absolute atomic E-state index is 15.6. The van der Waals surface area contributed by atoms with Crippen LogP contribution in [0.5, 0.6) is 0 Å². The van der Waals surface area contributed by atoms with Crippen molar-refractivity contribution < 1.29 is 8.81 Å². The first-order valence-corrected chi connectivity index (χ1v) is 14.4. The lowest BCUT2D eigenvalue weighted by Crippen LogP contribution is -2.49. The molecule has 1 saturated heterocycles. The molecule has 0 bridgehead atoms. The Hall–Kier alpha value is -3.89. The molecule has 41 heavy (non-hydrogen) atoms. The molecule has 1 saturated carbocycles. The van der Waals surface area contributed by atoms with E-state index in [1.54, 1.807) is 6.07 Å². The molecule has 1 aliphatic heterocycles. The van der Waals surface area contributed by atoms with E-state index in [-0.39, 0.29) is 11.9 Å². The van der Waals surface area contributed by atoms with Crippen LogP contribution in [-0.4, -0.2) is 73.8 Å². The average molecular weight is 555 g/mol. The third-order valence-corrected chi connectivity index (χ3v) is 8.88. The maximum Gasteiger partial charge on any atom is 0.230 e. The Labute approximate surface area is 238 Å². The lowest BCUT2D eigenvalue weighted by Gasteiger charge is -2.41. The first-order valence-electron chi connectivity index (χ1n) is 14.4. The van der Waals surface area contributed by atoms with Gasteiger partial charge in [0.2, 0.25) is 5.89 Å². The van der Waals surface area contributed by atoms with Crippen LogP contribution < -0.4 is 5.73 Å². The summed E-state index contributed by atoms with van der Waals surface area (Å²) in [7, 11) is 2.19. The Bertz CT molecular complexity index is 1740. The molecule has 2 fully saturated rings. The van der Waals surface area contributed by atoms with Crippen LogP contribution in [0.2, 0.25) is 0 Å². The molecule has 0 radical (unpaired) electrons. The number of aromatic nitrogens is 5. The summed E-state index contributed by atoms with van der Waals surface area (Å²) in [5.74, 6) is 0.166. The van der Waals surface area contributed by atoms with Gasteiger partial charge in [0.25, 0.3) is 0 Å². The average Bonchev–Trinajstić information content (AvgIpc) is 3.57. The Morgan fingerprint density at radius 2 is 1.71 bits per heavy atom. The van der Waals surface area contributed by atoms with Crippen molar-refractivity contribution >= 4 is 28.0 Å². The molecule has 0 unspecified atom stereocenters. The minimum atomic E-state index is -0.436. The topological polar surface area (TPSA) is 102 Å². The molecule has 1 aliphatic carbocycles. The highest BCUT2D eigenvalue weighted by Crippen LogP contribution is 2.38. The zero-order valence-electron chi connectivity index (χ0n) is 23.8. The van der Waals surface area contributed by atoms with Gasteiger partial charge in [0.05, 0.1) is 17.0 Å². The largest absolute Gasteiger partial charge is 0.436 e. The van der Waals surface area contributed by atoms with Crippen LogP contribution in [0.3, 0.4) is 0 Å². The molecule has 7 rings (SSSR count). The number of rotatable bonds is 4. The lowest BCUT2D eigenvalue weighted by atomic mass is 9.90.